The van der Waals surface area contributed by atoms with Crippen LogP contribution < -0.4 is 5.32 Å². The number of nitrogens with zero attached hydrogens (tertiary/aromatic N) is 2. The van der Waals surface area contributed by atoms with Gasteiger partial charge in [0.1, 0.15) is 6.04 Å². The Morgan fingerprint density at radius 1 is 1.00 bits per heavy atom. The summed E-state index contributed by atoms with van der Waals surface area (Å²) in [4.78, 5) is 27.4. The van der Waals surface area contributed by atoms with Crippen molar-refractivity contribution in [3.8, 4) is 0 Å². The van der Waals surface area contributed by atoms with E-state index in [0.29, 0.717) is 30.3 Å². The quantitative estimate of drug-likeness (QED) is 0.716. The molecule has 1 N–H and O–H groups in total. The van der Waals surface area contributed by atoms with Gasteiger partial charge in [0.2, 0.25) is 15.9 Å². The van der Waals surface area contributed by atoms with Crippen LogP contribution in [0.4, 0.5) is 0 Å². The highest BCUT2D eigenvalue weighted by Crippen LogP contribution is 2.24. The van der Waals surface area contributed by atoms with Crippen molar-refractivity contribution >= 4 is 33.6 Å². The molecule has 1 atom stereocenters. The second-order valence-electron chi connectivity index (χ2n) is 7.63. The van der Waals surface area contributed by atoms with Crippen molar-refractivity contribution < 1.29 is 18.0 Å². The molecule has 164 valence electrons. The number of hydrogen-bond donors (Lipinski definition) is 1. The van der Waals surface area contributed by atoms with Crippen molar-refractivity contribution in [3.63, 3.8) is 0 Å². The Balaban J connectivity index is 1.36. The SMILES string of the molecule is O=C(NCc1ccc(S(=O)(=O)N2CCCC2)cc1)[C@@H]1CSCN1C(=O)c1ccccc1. The van der Waals surface area contributed by atoms with Crippen molar-refractivity contribution in [2.75, 3.05) is 24.7 Å². The maximum Gasteiger partial charge on any atom is 0.255 e. The van der Waals surface area contributed by atoms with Crippen LogP contribution in [0.5, 0.6) is 0 Å². The Morgan fingerprint density at radius 3 is 2.35 bits per heavy atom. The van der Waals surface area contributed by atoms with Gasteiger partial charge >= 0.3 is 0 Å². The smallest absolute Gasteiger partial charge is 0.255 e. The summed E-state index contributed by atoms with van der Waals surface area (Å²) >= 11 is 1.55. The molecule has 0 saturated carbocycles. The molecule has 0 radical (unpaired) electrons. The van der Waals surface area contributed by atoms with Crippen LogP contribution in [0.2, 0.25) is 0 Å². The van der Waals surface area contributed by atoms with Gasteiger partial charge in [0.15, 0.2) is 0 Å². The van der Waals surface area contributed by atoms with E-state index in [-0.39, 0.29) is 23.3 Å². The molecular formula is C22H25N3O4S2. The van der Waals surface area contributed by atoms with E-state index in [0.717, 1.165) is 18.4 Å². The maximum atomic E-state index is 12.7. The minimum absolute atomic E-state index is 0.151. The van der Waals surface area contributed by atoms with Crippen LogP contribution in [-0.4, -0.2) is 60.2 Å². The third kappa shape index (κ3) is 4.78. The Labute approximate surface area is 186 Å². The summed E-state index contributed by atoms with van der Waals surface area (Å²) in [6, 6.07) is 15.1. The first-order valence-electron chi connectivity index (χ1n) is 10.3. The summed E-state index contributed by atoms with van der Waals surface area (Å²) < 4.78 is 26.8. The minimum atomic E-state index is -3.44. The molecule has 0 aliphatic carbocycles. The molecule has 0 aromatic heterocycles. The standard InChI is InChI=1S/C22H25N3O4S2/c26-21(20-15-30-16-25(20)22(27)18-6-2-1-3-7-18)23-14-17-8-10-19(11-9-17)31(28,29)24-12-4-5-13-24/h1-3,6-11,20H,4-5,12-16H2,(H,23,26)/t20-/m0/s1. The number of rotatable bonds is 6. The monoisotopic (exact) mass is 459 g/mol. The Morgan fingerprint density at radius 2 is 1.68 bits per heavy atom. The molecule has 2 fully saturated rings. The lowest BCUT2D eigenvalue weighted by molar-refractivity contribution is -0.124. The summed E-state index contributed by atoms with van der Waals surface area (Å²) in [6.45, 7) is 1.41. The lowest BCUT2D eigenvalue weighted by Gasteiger charge is -2.23. The number of nitrogens with one attached hydrogen (secondary N) is 1. The fourth-order valence-electron chi connectivity index (χ4n) is 3.77. The molecule has 0 spiro atoms. The first-order chi connectivity index (χ1) is 15.0. The van der Waals surface area contributed by atoms with E-state index >= 15 is 0 Å². The number of sulfonamides is 1. The molecule has 2 aromatic carbocycles. The predicted molar refractivity (Wildman–Crippen MR) is 120 cm³/mol. The zero-order valence-corrected chi connectivity index (χ0v) is 18.7. The van der Waals surface area contributed by atoms with Crippen molar-refractivity contribution in [1.29, 1.82) is 0 Å². The summed E-state index contributed by atoms with van der Waals surface area (Å²) in [5.74, 6) is 0.678. The van der Waals surface area contributed by atoms with Gasteiger partial charge in [-0.25, -0.2) is 8.42 Å². The predicted octanol–water partition coefficient (Wildman–Crippen LogP) is 2.30. The van der Waals surface area contributed by atoms with Crippen LogP contribution in [0.15, 0.2) is 59.5 Å². The van der Waals surface area contributed by atoms with Gasteiger partial charge in [-0.2, -0.15) is 4.31 Å². The van der Waals surface area contributed by atoms with Crippen LogP contribution in [0.1, 0.15) is 28.8 Å². The zero-order chi connectivity index (χ0) is 21.8. The molecule has 2 aliphatic heterocycles. The maximum absolute atomic E-state index is 12.7. The number of thioether (sulfide) groups is 1. The van der Waals surface area contributed by atoms with Gasteiger partial charge in [0, 0.05) is 31.0 Å². The molecule has 7 nitrogen and oxygen atoms in total. The summed E-state index contributed by atoms with van der Waals surface area (Å²) in [5, 5.41) is 2.88. The molecular weight excluding hydrogens is 434 g/mol. The molecule has 31 heavy (non-hydrogen) atoms. The molecule has 2 aliphatic rings. The molecule has 0 unspecified atom stereocenters. The fourth-order valence-corrected chi connectivity index (χ4v) is 6.44. The number of hydrogen-bond acceptors (Lipinski definition) is 5. The highest BCUT2D eigenvalue weighted by atomic mass is 32.2. The largest absolute Gasteiger partial charge is 0.350 e. The van der Waals surface area contributed by atoms with Crippen LogP contribution in [-0.2, 0) is 21.4 Å². The van der Waals surface area contributed by atoms with E-state index in [1.807, 2.05) is 6.07 Å². The van der Waals surface area contributed by atoms with Crippen molar-refractivity contribution in [2.24, 2.45) is 0 Å². The van der Waals surface area contributed by atoms with Crippen LogP contribution in [0, 0.1) is 0 Å². The van der Waals surface area contributed by atoms with Gasteiger partial charge in [-0.05, 0) is 42.7 Å². The molecule has 2 amide bonds. The van der Waals surface area contributed by atoms with Crippen LogP contribution in [0.25, 0.3) is 0 Å². The minimum Gasteiger partial charge on any atom is -0.350 e. The topological polar surface area (TPSA) is 86.8 Å². The van der Waals surface area contributed by atoms with Crippen LogP contribution in [0.3, 0.4) is 0 Å². The molecule has 4 rings (SSSR count). The zero-order valence-electron chi connectivity index (χ0n) is 17.1. The number of carbonyl (C=O) groups excluding carboxylic acids is 2. The number of carbonyl (C=O) groups is 2. The first kappa shape index (κ1) is 21.9. The van der Waals surface area contributed by atoms with Gasteiger partial charge in [-0.15, -0.1) is 11.8 Å². The van der Waals surface area contributed by atoms with Gasteiger partial charge in [0.25, 0.3) is 5.91 Å². The van der Waals surface area contributed by atoms with Gasteiger partial charge in [-0.3, -0.25) is 9.59 Å². The molecule has 2 heterocycles. The van der Waals surface area contributed by atoms with E-state index in [9.17, 15) is 18.0 Å². The van der Waals surface area contributed by atoms with E-state index in [1.165, 1.54) is 4.31 Å². The van der Waals surface area contributed by atoms with Crippen molar-refractivity contribution in [3.05, 3.63) is 65.7 Å². The Bertz CT molecular complexity index is 1040. The summed E-state index contributed by atoms with van der Waals surface area (Å²) in [6.07, 6.45) is 1.79. The van der Waals surface area contributed by atoms with Crippen LogP contribution >= 0.6 is 11.8 Å². The number of amides is 2. The average molecular weight is 460 g/mol. The van der Waals surface area contributed by atoms with Crippen molar-refractivity contribution in [2.45, 2.75) is 30.3 Å². The van der Waals surface area contributed by atoms with Gasteiger partial charge in [0.05, 0.1) is 10.8 Å². The summed E-state index contributed by atoms with van der Waals surface area (Å²) in [5.41, 5.74) is 1.37. The average Bonchev–Trinajstić information content (AvgIpc) is 3.50. The highest BCUT2D eigenvalue weighted by molar-refractivity contribution is 7.99. The highest BCUT2D eigenvalue weighted by Gasteiger charge is 2.35. The van der Waals surface area contributed by atoms with Crippen molar-refractivity contribution in [1.82, 2.24) is 14.5 Å². The van der Waals surface area contributed by atoms with E-state index < -0.39 is 16.1 Å². The van der Waals surface area contributed by atoms with E-state index in [1.54, 1.807) is 65.2 Å². The first-order valence-corrected chi connectivity index (χ1v) is 12.9. The molecule has 2 aromatic rings. The third-order valence-electron chi connectivity index (χ3n) is 5.56. The lowest BCUT2D eigenvalue weighted by Crippen LogP contribution is -2.47. The second-order valence-corrected chi connectivity index (χ2v) is 10.6. The third-order valence-corrected chi connectivity index (χ3v) is 8.48. The molecule has 9 heteroatoms. The Hall–Kier alpha value is -2.36. The number of benzene rings is 2. The fraction of sp³-hybridized carbons (Fsp3) is 0.364. The van der Waals surface area contributed by atoms with Gasteiger partial charge < -0.3 is 10.2 Å². The molecule has 0 bridgehead atoms. The summed E-state index contributed by atoms with van der Waals surface area (Å²) in [7, 11) is -3.44. The normalized spacial score (nSPS) is 19.5. The second kappa shape index (κ2) is 9.42. The Kier molecular flexibility index (Phi) is 6.64. The molecule has 2 saturated heterocycles. The van der Waals surface area contributed by atoms with Gasteiger partial charge in [-0.1, -0.05) is 30.3 Å². The van der Waals surface area contributed by atoms with E-state index in [4.69, 9.17) is 0 Å². The lowest BCUT2D eigenvalue weighted by atomic mass is 10.1. The van der Waals surface area contributed by atoms with E-state index in [2.05, 4.69) is 5.32 Å².